The van der Waals surface area contributed by atoms with Crippen molar-refractivity contribution in [3.63, 3.8) is 0 Å². The number of carbonyl (C=O) groups excluding carboxylic acids is 2. The lowest BCUT2D eigenvalue weighted by Gasteiger charge is -2.19. The third-order valence-corrected chi connectivity index (χ3v) is 2.93. The molecule has 20 heavy (non-hydrogen) atoms. The molecule has 1 aliphatic heterocycles. The number of nitrogens with zero attached hydrogens (tertiary/aromatic N) is 4. The van der Waals surface area contributed by atoms with E-state index < -0.39 is 17.5 Å². The molecule has 6 nitrogen and oxygen atoms in total. The molecule has 7 heteroatoms. The van der Waals surface area contributed by atoms with Crippen molar-refractivity contribution in [2.24, 2.45) is 5.10 Å². The van der Waals surface area contributed by atoms with Gasteiger partial charge in [0, 0.05) is 19.9 Å². The molecule has 102 valence electrons. The van der Waals surface area contributed by atoms with Gasteiger partial charge in [0.1, 0.15) is 11.5 Å². The van der Waals surface area contributed by atoms with Crippen LogP contribution in [0.3, 0.4) is 0 Å². The minimum absolute atomic E-state index is 0.157. The average molecular weight is 274 g/mol. The molecular weight excluding hydrogens is 263 g/mol. The van der Waals surface area contributed by atoms with Gasteiger partial charge < -0.3 is 0 Å². The maximum Gasteiger partial charge on any atom is 0.242 e. The third-order valence-electron chi connectivity index (χ3n) is 2.93. The minimum atomic E-state index is -1.14. The quantitative estimate of drug-likeness (QED) is 0.823. The highest BCUT2D eigenvalue weighted by Crippen LogP contribution is 2.18. The number of nitriles is 1. The Morgan fingerprint density at radius 2 is 2.25 bits per heavy atom. The van der Waals surface area contributed by atoms with Gasteiger partial charge in [-0.25, -0.2) is 9.40 Å². The van der Waals surface area contributed by atoms with Crippen LogP contribution in [0.1, 0.15) is 24.5 Å². The zero-order chi connectivity index (χ0) is 14.7. The molecule has 1 aliphatic rings. The summed E-state index contributed by atoms with van der Waals surface area (Å²) < 4.78 is 12.8. The molecule has 0 unspecified atom stereocenters. The summed E-state index contributed by atoms with van der Waals surface area (Å²) in [7, 11) is 1.45. The van der Waals surface area contributed by atoms with E-state index in [1.54, 1.807) is 0 Å². The molecule has 0 spiro atoms. The van der Waals surface area contributed by atoms with Crippen LogP contribution >= 0.6 is 0 Å². The SMILES string of the molecule is CN1N=C(C(=O)[C@@H](C#N)c2ccc(F)cn2)CCC1=O. The molecule has 0 aromatic carbocycles. The molecule has 1 atom stereocenters. The minimum Gasteiger partial charge on any atom is -0.291 e. The maximum atomic E-state index is 12.8. The summed E-state index contributed by atoms with van der Waals surface area (Å²) in [6.07, 6.45) is 1.32. The Balaban J connectivity index is 2.27. The van der Waals surface area contributed by atoms with Crippen LogP contribution in [0.5, 0.6) is 0 Å². The van der Waals surface area contributed by atoms with Crippen LogP contribution < -0.4 is 0 Å². The first-order valence-corrected chi connectivity index (χ1v) is 5.92. The molecule has 1 aromatic heterocycles. The largest absolute Gasteiger partial charge is 0.291 e. The summed E-state index contributed by atoms with van der Waals surface area (Å²) in [5, 5.41) is 14.1. The normalized spacial score (nSPS) is 16.4. The number of rotatable bonds is 3. The number of hydrogen-bond acceptors (Lipinski definition) is 5. The highest BCUT2D eigenvalue weighted by Gasteiger charge is 2.29. The van der Waals surface area contributed by atoms with Crippen molar-refractivity contribution in [1.29, 1.82) is 5.26 Å². The lowest BCUT2D eigenvalue weighted by molar-refractivity contribution is -0.130. The van der Waals surface area contributed by atoms with Gasteiger partial charge >= 0.3 is 0 Å². The first-order chi connectivity index (χ1) is 9.52. The highest BCUT2D eigenvalue weighted by atomic mass is 19.1. The summed E-state index contributed by atoms with van der Waals surface area (Å²) in [5.41, 5.74) is 0.325. The Bertz CT molecular complexity index is 618. The van der Waals surface area contributed by atoms with E-state index in [4.69, 9.17) is 5.26 Å². The van der Waals surface area contributed by atoms with Gasteiger partial charge in [-0.2, -0.15) is 10.4 Å². The van der Waals surface area contributed by atoms with Crippen LogP contribution in [0.15, 0.2) is 23.4 Å². The van der Waals surface area contributed by atoms with Crippen molar-refractivity contribution in [2.45, 2.75) is 18.8 Å². The number of halogens is 1. The number of pyridine rings is 1. The zero-order valence-electron chi connectivity index (χ0n) is 10.7. The van der Waals surface area contributed by atoms with Crippen molar-refractivity contribution >= 4 is 17.4 Å². The fourth-order valence-corrected chi connectivity index (χ4v) is 1.83. The standard InChI is InChI=1S/C13H11FN4O2/c1-18-12(19)5-4-11(17-18)13(20)9(6-15)10-3-2-8(14)7-16-10/h2-3,7,9H,4-5H2,1H3/t9-/m0/s1. The number of hydrogen-bond donors (Lipinski definition) is 0. The average Bonchev–Trinajstić information content (AvgIpc) is 2.44. The Kier molecular flexibility index (Phi) is 3.84. The van der Waals surface area contributed by atoms with Gasteiger partial charge in [-0.05, 0) is 12.1 Å². The van der Waals surface area contributed by atoms with Crippen LogP contribution in [-0.2, 0) is 9.59 Å². The van der Waals surface area contributed by atoms with Gasteiger partial charge in [0.05, 0.1) is 18.0 Å². The van der Waals surface area contributed by atoms with E-state index in [0.29, 0.717) is 0 Å². The van der Waals surface area contributed by atoms with Crippen LogP contribution in [0.25, 0.3) is 0 Å². The lowest BCUT2D eigenvalue weighted by Crippen LogP contribution is -2.33. The molecular formula is C13H11FN4O2. The van der Waals surface area contributed by atoms with Gasteiger partial charge in [-0.15, -0.1) is 0 Å². The monoisotopic (exact) mass is 274 g/mol. The molecule has 2 heterocycles. The molecule has 1 amide bonds. The Hall–Kier alpha value is -2.62. The van der Waals surface area contributed by atoms with Gasteiger partial charge in [-0.1, -0.05) is 0 Å². The van der Waals surface area contributed by atoms with Crippen molar-refractivity contribution < 1.29 is 14.0 Å². The lowest BCUT2D eigenvalue weighted by atomic mass is 9.95. The fraction of sp³-hybridized carbons (Fsp3) is 0.308. The van der Waals surface area contributed by atoms with Crippen LogP contribution in [0.2, 0.25) is 0 Å². The van der Waals surface area contributed by atoms with E-state index in [0.717, 1.165) is 17.3 Å². The van der Waals surface area contributed by atoms with Crippen molar-refractivity contribution in [1.82, 2.24) is 9.99 Å². The summed E-state index contributed by atoms with van der Waals surface area (Å²) in [6, 6.07) is 4.27. The van der Waals surface area contributed by atoms with E-state index >= 15 is 0 Å². The maximum absolute atomic E-state index is 12.8. The predicted molar refractivity (Wildman–Crippen MR) is 67.0 cm³/mol. The number of carbonyl (C=O) groups is 2. The number of amides is 1. The molecule has 0 fully saturated rings. The Morgan fingerprint density at radius 1 is 1.50 bits per heavy atom. The van der Waals surface area contributed by atoms with E-state index in [9.17, 15) is 14.0 Å². The second kappa shape index (κ2) is 5.57. The van der Waals surface area contributed by atoms with Gasteiger partial charge in [0.2, 0.25) is 11.7 Å². The molecule has 0 aliphatic carbocycles. The van der Waals surface area contributed by atoms with Crippen molar-refractivity contribution in [3.05, 3.63) is 29.8 Å². The van der Waals surface area contributed by atoms with Crippen LogP contribution in [0.4, 0.5) is 4.39 Å². The first-order valence-electron chi connectivity index (χ1n) is 5.92. The molecule has 1 aromatic rings. The van der Waals surface area contributed by atoms with E-state index in [1.807, 2.05) is 6.07 Å². The molecule has 2 rings (SSSR count). The van der Waals surface area contributed by atoms with E-state index in [2.05, 4.69) is 10.1 Å². The Labute approximate surface area is 114 Å². The molecule has 0 radical (unpaired) electrons. The zero-order valence-corrected chi connectivity index (χ0v) is 10.7. The highest BCUT2D eigenvalue weighted by molar-refractivity contribution is 6.42. The van der Waals surface area contributed by atoms with Gasteiger partial charge in [0.25, 0.3) is 0 Å². The van der Waals surface area contributed by atoms with E-state index in [-0.39, 0.29) is 30.2 Å². The first kappa shape index (κ1) is 13.8. The third kappa shape index (κ3) is 2.69. The molecule has 0 saturated carbocycles. The smallest absolute Gasteiger partial charge is 0.242 e. The number of Topliss-reactive ketones (excluding diaryl/α,β-unsaturated/α-hetero) is 1. The van der Waals surface area contributed by atoms with Gasteiger partial charge in [0.15, 0.2) is 5.92 Å². The number of hydrazone groups is 1. The van der Waals surface area contributed by atoms with Crippen molar-refractivity contribution in [2.75, 3.05) is 7.05 Å². The Morgan fingerprint density at radius 3 is 2.80 bits per heavy atom. The van der Waals surface area contributed by atoms with Gasteiger partial charge in [-0.3, -0.25) is 14.6 Å². The van der Waals surface area contributed by atoms with E-state index in [1.165, 1.54) is 13.1 Å². The summed E-state index contributed by atoms with van der Waals surface area (Å²) in [5.74, 6) is -2.38. The summed E-state index contributed by atoms with van der Waals surface area (Å²) in [4.78, 5) is 27.3. The predicted octanol–water partition coefficient (Wildman–Crippen LogP) is 1.01. The second-order valence-electron chi connectivity index (χ2n) is 4.29. The number of ketones is 1. The topological polar surface area (TPSA) is 86.4 Å². The summed E-state index contributed by atoms with van der Waals surface area (Å²) in [6.45, 7) is 0. The summed E-state index contributed by atoms with van der Waals surface area (Å²) >= 11 is 0. The molecule has 0 N–H and O–H groups in total. The van der Waals surface area contributed by atoms with Crippen LogP contribution in [-0.4, -0.2) is 34.4 Å². The molecule has 0 saturated heterocycles. The van der Waals surface area contributed by atoms with Crippen molar-refractivity contribution in [3.8, 4) is 6.07 Å². The molecule has 0 bridgehead atoms. The fourth-order valence-electron chi connectivity index (χ4n) is 1.83. The number of aromatic nitrogens is 1. The van der Waals surface area contributed by atoms with Crippen LogP contribution in [0, 0.1) is 17.1 Å². The second-order valence-corrected chi connectivity index (χ2v) is 4.29.